The molecule has 0 bridgehead atoms. The number of amides is 1. The van der Waals surface area contributed by atoms with Crippen LogP contribution in [0.15, 0.2) is 65.6 Å². The predicted molar refractivity (Wildman–Crippen MR) is 133 cm³/mol. The number of carbonyl (C=O) groups excluding carboxylic acids is 1. The summed E-state index contributed by atoms with van der Waals surface area (Å²) in [6.07, 6.45) is 2.68. The molecule has 0 radical (unpaired) electrons. The summed E-state index contributed by atoms with van der Waals surface area (Å²) in [5.74, 6) is -0.285. The van der Waals surface area contributed by atoms with E-state index in [4.69, 9.17) is 0 Å². The van der Waals surface area contributed by atoms with Crippen LogP contribution in [-0.2, 0) is 11.3 Å². The second-order valence-corrected chi connectivity index (χ2v) is 9.18. The maximum atomic E-state index is 14.0. The van der Waals surface area contributed by atoms with Crippen molar-refractivity contribution in [2.24, 2.45) is 0 Å². The van der Waals surface area contributed by atoms with Gasteiger partial charge in [0.05, 0.1) is 11.0 Å². The van der Waals surface area contributed by atoms with E-state index in [-0.39, 0.29) is 23.3 Å². The van der Waals surface area contributed by atoms with E-state index < -0.39 is 0 Å². The van der Waals surface area contributed by atoms with Crippen molar-refractivity contribution in [3.63, 3.8) is 0 Å². The number of hydrogen-bond acceptors (Lipinski definition) is 3. The van der Waals surface area contributed by atoms with Crippen molar-refractivity contribution in [3.8, 4) is 0 Å². The topological polar surface area (TPSA) is 50.0 Å². The zero-order chi connectivity index (χ0) is 23.8. The molecule has 2 aromatic carbocycles. The molecule has 1 aliphatic rings. The minimum Gasteiger partial charge on any atom is -0.365 e. The molecule has 1 aliphatic heterocycles. The fourth-order valence-corrected chi connectivity index (χ4v) is 5.07. The number of benzene rings is 2. The Morgan fingerprint density at radius 1 is 1.03 bits per heavy atom. The number of rotatable bonds is 5. The normalized spacial score (nSPS) is 16.5. The van der Waals surface area contributed by atoms with Crippen LogP contribution in [-0.4, -0.2) is 45.5 Å². The Morgan fingerprint density at radius 3 is 2.68 bits per heavy atom. The number of hydrogen-bond donors (Lipinski definition) is 0. The quantitative estimate of drug-likeness (QED) is 0.448. The molecule has 0 spiro atoms. The number of aromatic nitrogens is 2. The lowest BCUT2D eigenvalue weighted by molar-refractivity contribution is -0.132. The van der Waals surface area contributed by atoms with Crippen molar-refractivity contribution in [1.29, 1.82) is 0 Å². The molecule has 1 fully saturated rings. The van der Waals surface area contributed by atoms with Gasteiger partial charge >= 0.3 is 0 Å². The first-order valence-corrected chi connectivity index (χ1v) is 11.8. The molecule has 2 aromatic heterocycles. The Hall–Kier alpha value is -3.61. The first-order chi connectivity index (χ1) is 16.4. The minimum atomic E-state index is -0.385. The zero-order valence-electron chi connectivity index (χ0n) is 19.6. The highest BCUT2D eigenvalue weighted by molar-refractivity contribution is 5.79. The van der Waals surface area contributed by atoms with Crippen LogP contribution in [0.25, 0.3) is 16.6 Å². The summed E-state index contributed by atoms with van der Waals surface area (Å²) in [5, 5.41) is 0. The molecule has 5 rings (SSSR count). The van der Waals surface area contributed by atoms with E-state index in [0.29, 0.717) is 43.5 Å². The molecular formula is C27H29FN4O2. The number of nitrogens with zero attached hydrogens (tertiary/aromatic N) is 4. The van der Waals surface area contributed by atoms with Gasteiger partial charge in [-0.15, -0.1) is 0 Å². The van der Waals surface area contributed by atoms with Gasteiger partial charge < -0.3 is 18.8 Å². The van der Waals surface area contributed by atoms with Gasteiger partial charge in [-0.2, -0.15) is 0 Å². The van der Waals surface area contributed by atoms with E-state index in [1.807, 2.05) is 17.2 Å². The number of piperazine rings is 1. The Bertz CT molecular complexity index is 1420. The fourth-order valence-electron chi connectivity index (χ4n) is 5.07. The molecule has 1 saturated heterocycles. The van der Waals surface area contributed by atoms with E-state index >= 15 is 0 Å². The average Bonchev–Trinajstić information content (AvgIpc) is 3.31. The molecule has 0 N–H and O–H groups in total. The predicted octanol–water partition coefficient (Wildman–Crippen LogP) is 4.22. The van der Waals surface area contributed by atoms with Crippen LogP contribution >= 0.6 is 0 Å². The van der Waals surface area contributed by atoms with Crippen LogP contribution < -0.4 is 10.5 Å². The van der Waals surface area contributed by atoms with E-state index in [1.54, 1.807) is 21.1 Å². The summed E-state index contributed by atoms with van der Waals surface area (Å²) in [4.78, 5) is 30.3. The highest BCUT2D eigenvalue weighted by Crippen LogP contribution is 2.22. The van der Waals surface area contributed by atoms with Crippen molar-refractivity contribution in [3.05, 3.63) is 82.5 Å². The second kappa shape index (κ2) is 8.97. The third kappa shape index (κ3) is 4.06. The van der Waals surface area contributed by atoms with E-state index in [0.717, 1.165) is 12.1 Å². The van der Waals surface area contributed by atoms with Crippen molar-refractivity contribution >= 4 is 28.1 Å². The smallest absolute Gasteiger partial charge is 0.275 e. The molecular weight excluding hydrogens is 431 g/mol. The molecule has 34 heavy (non-hydrogen) atoms. The first kappa shape index (κ1) is 22.2. The van der Waals surface area contributed by atoms with Gasteiger partial charge in [-0.1, -0.05) is 12.1 Å². The van der Waals surface area contributed by atoms with Crippen LogP contribution in [0.3, 0.4) is 0 Å². The van der Waals surface area contributed by atoms with Gasteiger partial charge in [-0.05, 0) is 68.3 Å². The largest absolute Gasteiger partial charge is 0.365 e. The molecule has 0 aliphatic carbocycles. The van der Waals surface area contributed by atoms with Crippen molar-refractivity contribution in [2.45, 2.75) is 39.3 Å². The highest BCUT2D eigenvalue weighted by atomic mass is 19.1. The molecule has 7 heteroatoms. The molecule has 0 unspecified atom stereocenters. The summed E-state index contributed by atoms with van der Waals surface area (Å²) in [6.45, 7) is 6.76. The maximum Gasteiger partial charge on any atom is 0.275 e. The number of aryl methyl sites for hydroxylation is 2. The monoisotopic (exact) mass is 460 g/mol. The SMILES string of the molecule is Cc1cccc(N2CCN(C(=O)CCCn3c(=O)c4cccn4c4ccc(F)cc43)C[C@@H]2C)c1. The summed E-state index contributed by atoms with van der Waals surface area (Å²) in [5.41, 5.74) is 4.11. The van der Waals surface area contributed by atoms with Crippen molar-refractivity contribution < 1.29 is 9.18 Å². The third-order valence-electron chi connectivity index (χ3n) is 6.79. The Balaban J connectivity index is 1.27. The fraction of sp³-hybridized carbons (Fsp3) is 0.333. The lowest BCUT2D eigenvalue weighted by atomic mass is 10.1. The lowest BCUT2D eigenvalue weighted by Crippen LogP contribution is -2.53. The number of halogens is 1. The highest BCUT2D eigenvalue weighted by Gasteiger charge is 2.26. The molecule has 6 nitrogen and oxygen atoms in total. The van der Waals surface area contributed by atoms with Crippen molar-refractivity contribution in [1.82, 2.24) is 13.9 Å². The Morgan fingerprint density at radius 2 is 1.88 bits per heavy atom. The van der Waals surface area contributed by atoms with Gasteiger partial charge in [0.15, 0.2) is 0 Å². The number of carbonyl (C=O) groups is 1. The van der Waals surface area contributed by atoms with E-state index in [2.05, 4.69) is 43.0 Å². The van der Waals surface area contributed by atoms with Gasteiger partial charge in [0.25, 0.3) is 5.56 Å². The zero-order valence-corrected chi connectivity index (χ0v) is 19.6. The number of fused-ring (bicyclic) bond motifs is 3. The lowest BCUT2D eigenvalue weighted by Gasteiger charge is -2.41. The van der Waals surface area contributed by atoms with Crippen LogP contribution in [0.5, 0.6) is 0 Å². The molecule has 0 saturated carbocycles. The number of anilines is 1. The molecule has 176 valence electrons. The molecule has 3 heterocycles. The van der Waals surface area contributed by atoms with Gasteiger partial charge in [-0.25, -0.2) is 4.39 Å². The van der Waals surface area contributed by atoms with Gasteiger partial charge in [-0.3, -0.25) is 9.59 Å². The average molecular weight is 461 g/mol. The molecule has 4 aromatic rings. The maximum absolute atomic E-state index is 14.0. The summed E-state index contributed by atoms with van der Waals surface area (Å²) >= 11 is 0. The van der Waals surface area contributed by atoms with Gasteiger partial charge in [0, 0.05) is 50.5 Å². The van der Waals surface area contributed by atoms with E-state index in [9.17, 15) is 14.0 Å². The van der Waals surface area contributed by atoms with E-state index in [1.165, 1.54) is 23.4 Å². The second-order valence-electron chi connectivity index (χ2n) is 9.18. The van der Waals surface area contributed by atoms with Gasteiger partial charge in [0.2, 0.25) is 5.91 Å². The first-order valence-electron chi connectivity index (χ1n) is 11.8. The molecule has 1 amide bonds. The van der Waals surface area contributed by atoms with Crippen LogP contribution in [0.1, 0.15) is 25.3 Å². The minimum absolute atomic E-state index is 0.100. The van der Waals surface area contributed by atoms with Gasteiger partial charge in [0.1, 0.15) is 11.3 Å². The van der Waals surface area contributed by atoms with Crippen LogP contribution in [0, 0.1) is 12.7 Å². The molecule has 1 atom stereocenters. The van der Waals surface area contributed by atoms with Crippen molar-refractivity contribution in [2.75, 3.05) is 24.5 Å². The third-order valence-corrected chi connectivity index (χ3v) is 6.79. The summed E-state index contributed by atoms with van der Waals surface area (Å²) in [7, 11) is 0. The summed E-state index contributed by atoms with van der Waals surface area (Å²) < 4.78 is 17.4. The summed E-state index contributed by atoms with van der Waals surface area (Å²) in [6, 6.07) is 16.7. The van der Waals surface area contributed by atoms with Crippen LogP contribution in [0.4, 0.5) is 10.1 Å². The Labute approximate surface area is 197 Å². The van der Waals surface area contributed by atoms with Crippen LogP contribution in [0.2, 0.25) is 0 Å². The standard InChI is InChI=1S/C27H29FN4O2/c1-19-6-3-7-22(16-19)30-15-14-29(18-20(30)2)26(33)9-5-13-32-25-17-21(28)10-11-23(25)31-12-4-8-24(31)27(32)34/h3-4,6-8,10-12,16-17,20H,5,9,13-15,18H2,1-2H3/t20-/m0/s1. The Kier molecular flexibility index (Phi) is 5.86.